The van der Waals surface area contributed by atoms with Crippen molar-refractivity contribution < 1.29 is 0 Å². The maximum absolute atomic E-state index is 5.92. The molecular weight excluding hydrogens is 221 g/mol. The topological polar surface area (TPSA) is 42.1 Å². The van der Waals surface area contributed by atoms with Crippen molar-refractivity contribution in [1.82, 2.24) is 9.88 Å². The first-order valence-corrected chi connectivity index (χ1v) is 5.08. The maximum atomic E-state index is 5.92. The number of aromatic nitrogens is 1. The first-order valence-electron chi connectivity index (χ1n) is 4.33. The highest BCUT2D eigenvalue weighted by Gasteiger charge is 2.05. The van der Waals surface area contributed by atoms with Crippen molar-refractivity contribution in [2.24, 2.45) is 5.73 Å². The van der Waals surface area contributed by atoms with E-state index in [0.717, 1.165) is 18.7 Å². The Morgan fingerprint density at radius 1 is 1.43 bits per heavy atom. The monoisotopic (exact) mass is 233 g/mol. The van der Waals surface area contributed by atoms with Crippen molar-refractivity contribution in [3.8, 4) is 0 Å². The Labute approximate surface area is 93.8 Å². The third kappa shape index (κ3) is 3.42. The fourth-order valence-corrected chi connectivity index (χ4v) is 1.55. The van der Waals surface area contributed by atoms with E-state index in [0.29, 0.717) is 16.9 Å². The van der Waals surface area contributed by atoms with Crippen LogP contribution in [0.1, 0.15) is 5.56 Å². The van der Waals surface area contributed by atoms with Crippen LogP contribution in [0.3, 0.4) is 0 Å². The molecule has 0 aliphatic carbocycles. The molecule has 0 fully saturated rings. The number of halogens is 2. The number of nitrogens with zero attached hydrogens (tertiary/aromatic N) is 2. The summed E-state index contributed by atoms with van der Waals surface area (Å²) in [4.78, 5) is 6.04. The number of pyridine rings is 1. The molecule has 0 aromatic carbocycles. The van der Waals surface area contributed by atoms with E-state index >= 15 is 0 Å². The number of nitrogens with two attached hydrogens (primary N) is 1. The van der Waals surface area contributed by atoms with Crippen LogP contribution in [-0.2, 0) is 6.54 Å². The van der Waals surface area contributed by atoms with Gasteiger partial charge in [0.25, 0.3) is 0 Å². The Morgan fingerprint density at radius 3 is 2.71 bits per heavy atom. The van der Waals surface area contributed by atoms with Gasteiger partial charge in [0.05, 0.1) is 0 Å². The zero-order chi connectivity index (χ0) is 10.6. The van der Waals surface area contributed by atoms with Crippen LogP contribution in [0.2, 0.25) is 10.3 Å². The van der Waals surface area contributed by atoms with Gasteiger partial charge < -0.3 is 10.6 Å². The predicted molar refractivity (Wildman–Crippen MR) is 59.6 cm³/mol. The summed E-state index contributed by atoms with van der Waals surface area (Å²) in [5.41, 5.74) is 6.40. The molecule has 5 heteroatoms. The van der Waals surface area contributed by atoms with E-state index in [9.17, 15) is 0 Å². The Balaban J connectivity index is 2.67. The van der Waals surface area contributed by atoms with Gasteiger partial charge in [0.1, 0.15) is 10.3 Å². The van der Waals surface area contributed by atoms with Gasteiger partial charge in [0.2, 0.25) is 0 Å². The van der Waals surface area contributed by atoms with Crippen LogP contribution in [0.25, 0.3) is 0 Å². The molecule has 0 saturated heterocycles. The molecule has 0 aliphatic heterocycles. The Bertz CT molecular complexity index is 304. The molecule has 0 aliphatic rings. The van der Waals surface area contributed by atoms with Gasteiger partial charge in [-0.1, -0.05) is 29.3 Å². The van der Waals surface area contributed by atoms with Crippen LogP contribution in [0.5, 0.6) is 0 Å². The number of likely N-dealkylation sites (N-methyl/N-ethyl adjacent to an activating group) is 1. The minimum atomic E-state index is 0.417. The van der Waals surface area contributed by atoms with Crippen LogP contribution in [0, 0.1) is 0 Å². The molecule has 0 radical (unpaired) electrons. The Morgan fingerprint density at radius 2 is 2.14 bits per heavy atom. The minimum absolute atomic E-state index is 0.417. The minimum Gasteiger partial charge on any atom is -0.329 e. The van der Waals surface area contributed by atoms with Crippen molar-refractivity contribution in [1.29, 1.82) is 0 Å². The Hall–Kier alpha value is -0.350. The molecule has 1 aromatic rings. The zero-order valence-corrected chi connectivity index (χ0v) is 9.52. The second-order valence-corrected chi connectivity index (χ2v) is 3.86. The van der Waals surface area contributed by atoms with Crippen LogP contribution in [0.15, 0.2) is 12.1 Å². The summed E-state index contributed by atoms with van der Waals surface area (Å²) in [6.07, 6.45) is 0. The third-order valence-electron chi connectivity index (χ3n) is 1.84. The second kappa shape index (κ2) is 5.51. The van der Waals surface area contributed by atoms with Gasteiger partial charge in [-0.2, -0.15) is 0 Å². The molecule has 78 valence electrons. The van der Waals surface area contributed by atoms with Gasteiger partial charge in [-0.05, 0) is 13.1 Å². The average molecular weight is 234 g/mol. The lowest BCUT2D eigenvalue weighted by Crippen LogP contribution is -2.25. The molecule has 1 rings (SSSR count). The molecular formula is C9H13Cl2N3. The molecule has 0 unspecified atom stereocenters. The van der Waals surface area contributed by atoms with E-state index < -0.39 is 0 Å². The lowest BCUT2D eigenvalue weighted by Gasteiger charge is -2.15. The van der Waals surface area contributed by atoms with Crippen molar-refractivity contribution in [2.45, 2.75) is 6.54 Å². The summed E-state index contributed by atoms with van der Waals surface area (Å²) in [5, 5.41) is 0.876. The summed E-state index contributed by atoms with van der Waals surface area (Å²) in [6, 6.07) is 3.61. The molecule has 0 atom stereocenters. The SMILES string of the molecule is CN(CCN)Cc1ccc(Cl)nc1Cl. The predicted octanol–water partition coefficient (Wildman–Crippen LogP) is 1.78. The van der Waals surface area contributed by atoms with Crippen LogP contribution >= 0.6 is 23.2 Å². The smallest absolute Gasteiger partial charge is 0.135 e. The van der Waals surface area contributed by atoms with E-state index in [-0.39, 0.29) is 0 Å². The molecule has 0 spiro atoms. The second-order valence-electron chi connectivity index (χ2n) is 3.11. The number of rotatable bonds is 4. The summed E-state index contributed by atoms with van der Waals surface area (Å²) < 4.78 is 0. The molecule has 0 bridgehead atoms. The standard InChI is InChI=1S/C9H13Cl2N3/c1-14(5-4-12)6-7-2-3-8(10)13-9(7)11/h2-3H,4-6,12H2,1H3. The van der Waals surface area contributed by atoms with Gasteiger partial charge in [-0.15, -0.1) is 0 Å². The van der Waals surface area contributed by atoms with Gasteiger partial charge in [0.15, 0.2) is 0 Å². The van der Waals surface area contributed by atoms with Gasteiger partial charge >= 0.3 is 0 Å². The van der Waals surface area contributed by atoms with E-state index in [1.54, 1.807) is 6.07 Å². The Kier molecular flexibility index (Phi) is 4.62. The largest absolute Gasteiger partial charge is 0.329 e. The van der Waals surface area contributed by atoms with Gasteiger partial charge in [0, 0.05) is 25.2 Å². The summed E-state index contributed by atoms with van der Waals surface area (Å²) >= 11 is 11.6. The van der Waals surface area contributed by atoms with Crippen molar-refractivity contribution in [3.05, 3.63) is 28.0 Å². The highest BCUT2D eigenvalue weighted by atomic mass is 35.5. The van der Waals surface area contributed by atoms with Gasteiger partial charge in [-0.25, -0.2) is 4.98 Å². The molecule has 0 amide bonds. The number of hydrogen-bond donors (Lipinski definition) is 1. The molecule has 1 heterocycles. The van der Waals surface area contributed by atoms with Crippen molar-refractivity contribution >= 4 is 23.2 Å². The van der Waals surface area contributed by atoms with Gasteiger partial charge in [-0.3, -0.25) is 0 Å². The van der Waals surface area contributed by atoms with E-state index in [4.69, 9.17) is 28.9 Å². The third-order valence-corrected chi connectivity index (χ3v) is 2.38. The first-order chi connectivity index (χ1) is 6.63. The lowest BCUT2D eigenvalue weighted by molar-refractivity contribution is 0.336. The van der Waals surface area contributed by atoms with Crippen LogP contribution < -0.4 is 5.73 Å². The summed E-state index contributed by atoms with van der Waals surface area (Å²) in [6.45, 7) is 2.20. The fraction of sp³-hybridized carbons (Fsp3) is 0.444. The highest BCUT2D eigenvalue weighted by molar-refractivity contribution is 6.32. The summed E-state index contributed by atoms with van der Waals surface area (Å²) in [5.74, 6) is 0. The maximum Gasteiger partial charge on any atom is 0.135 e. The van der Waals surface area contributed by atoms with Crippen LogP contribution in [0.4, 0.5) is 0 Å². The van der Waals surface area contributed by atoms with Crippen molar-refractivity contribution in [2.75, 3.05) is 20.1 Å². The first kappa shape index (κ1) is 11.7. The lowest BCUT2D eigenvalue weighted by atomic mass is 10.2. The van der Waals surface area contributed by atoms with E-state index in [1.165, 1.54) is 0 Å². The average Bonchev–Trinajstić information content (AvgIpc) is 2.10. The molecule has 3 nitrogen and oxygen atoms in total. The fourth-order valence-electron chi connectivity index (χ4n) is 1.15. The molecule has 14 heavy (non-hydrogen) atoms. The zero-order valence-electron chi connectivity index (χ0n) is 8.00. The normalized spacial score (nSPS) is 10.9. The van der Waals surface area contributed by atoms with Crippen molar-refractivity contribution in [3.63, 3.8) is 0 Å². The quantitative estimate of drug-likeness (QED) is 0.807. The molecule has 0 saturated carbocycles. The van der Waals surface area contributed by atoms with Crippen LogP contribution in [-0.4, -0.2) is 30.0 Å². The molecule has 2 N–H and O–H groups in total. The number of hydrogen-bond acceptors (Lipinski definition) is 3. The summed E-state index contributed by atoms with van der Waals surface area (Å²) in [7, 11) is 1.98. The van der Waals surface area contributed by atoms with E-state index in [1.807, 2.05) is 13.1 Å². The highest BCUT2D eigenvalue weighted by Crippen LogP contribution is 2.17. The van der Waals surface area contributed by atoms with E-state index in [2.05, 4.69) is 9.88 Å². The molecule has 1 aromatic heterocycles.